The molecule has 2 rings (SSSR count). The lowest BCUT2D eigenvalue weighted by Crippen LogP contribution is -2.03. The molecule has 0 aliphatic heterocycles. The van der Waals surface area contributed by atoms with Gasteiger partial charge in [0.15, 0.2) is 0 Å². The molecule has 1 nitrogen and oxygen atoms in total. The first-order chi connectivity index (χ1) is 7.75. The number of halogens is 1. The summed E-state index contributed by atoms with van der Waals surface area (Å²) in [6.07, 6.45) is 6.53. The molecule has 0 aromatic heterocycles. The molecule has 0 radical (unpaired) electrons. The Morgan fingerprint density at radius 2 is 1.94 bits per heavy atom. The Morgan fingerprint density at radius 1 is 1.19 bits per heavy atom. The second kappa shape index (κ2) is 5.41. The van der Waals surface area contributed by atoms with Crippen LogP contribution in [0.3, 0.4) is 0 Å². The summed E-state index contributed by atoms with van der Waals surface area (Å²) in [5.41, 5.74) is 7.60. The second-order valence-corrected chi connectivity index (χ2v) is 5.25. The van der Waals surface area contributed by atoms with Crippen LogP contribution in [0.1, 0.15) is 37.7 Å². The van der Waals surface area contributed by atoms with E-state index in [9.17, 15) is 0 Å². The lowest BCUT2D eigenvalue weighted by Gasteiger charge is -2.15. The second-order valence-electron chi connectivity index (χ2n) is 4.34. The first-order valence-corrected chi connectivity index (χ1v) is 6.61. The van der Waals surface area contributed by atoms with Crippen molar-refractivity contribution >= 4 is 21.6 Å². The molecule has 1 fully saturated rings. The van der Waals surface area contributed by atoms with E-state index in [1.165, 1.54) is 32.1 Å². The lowest BCUT2D eigenvalue weighted by molar-refractivity contribution is 0.430. The van der Waals surface area contributed by atoms with Crippen molar-refractivity contribution in [3.63, 3.8) is 0 Å². The highest BCUT2D eigenvalue weighted by Gasteiger charge is 2.10. The summed E-state index contributed by atoms with van der Waals surface area (Å²) in [6, 6.07) is 5.83. The van der Waals surface area contributed by atoms with E-state index in [0.29, 0.717) is 5.92 Å². The van der Waals surface area contributed by atoms with Gasteiger partial charge in [-0.25, -0.2) is 0 Å². The van der Waals surface area contributed by atoms with E-state index in [0.717, 1.165) is 15.7 Å². The van der Waals surface area contributed by atoms with Crippen molar-refractivity contribution in [3.05, 3.63) is 28.2 Å². The van der Waals surface area contributed by atoms with Gasteiger partial charge in [-0.2, -0.15) is 0 Å². The Balaban J connectivity index is 2.13. The van der Waals surface area contributed by atoms with Crippen LogP contribution in [0, 0.1) is 17.8 Å². The van der Waals surface area contributed by atoms with Crippen LogP contribution in [0.15, 0.2) is 22.7 Å². The van der Waals surface area contributed by atoms with Crippen LogP contribution in [0.4, 0.5) is 5.69 Å². The van der Waals surface area contributed by atoms with E-state index < -0.39 is 0 Å². The highest BCUT2D eigenvalue weighted by molar-refractivity contribution is 9.10. The summed E-state index contributed by atoms with van der Waals surface area (Å²) in [4.78, 5) is 0. The minimum atomic E-state index is 0.576. The molecule has 0 unspecified atom stereocenters. The molecule has 0 bridgehead atoms. The SMILES string of the molecule is Nc1ccc(Br)cc1C#CC1CCCCC1. The Labute approximate surface area is 106 Å². The maximum atomic E-state index is 5.88. The highest BCUT2D eigenvalue weighted by atomic mass is 79.9. The molecular formula is C14H16BrN. The molecule has 0 spiro atoms. The van der Waals surface area contributed by atoms with Gasteiger partial charge in [0, 0.05) is 21.6 Å². The summed E-state index contributed by atoms with van der Waals surface area (Å²) in [6.45, 7) is 0. The zero-order valence-corrected chi connectivity index (χ0v) is 10.9. The summed E-state index contributed by atoms with van der Waals surface area (Å²) in [7, 11) is 0. The van der Waals surface area contributed by atoms with Gasteiger partial charge in [0.05, 0.1) is 0 Å². The Hall–Kier alpha value is -0.940. The van der Waals surface area contributed by atoms with Gasteiger partial charge in [-0.1, -0.05) is 47.0 Å². The molecule has 84 valence electrons. The topological polar surface area (TPSA) is 26.0 Å². The van der Waals surface area contributed by atoms with Gasteiger partial charge in [-0.15, -0.1) is 0 Å². The minimum absolute atomic E-state index is 0.576. The number of rotatable bonds is 0. The third-order valence-electron chi connectivity index (χ3n) is 3.03. The van der Waals surface area contributed by atoms with Crippen molar-refractivity contribution in [2.45, 2.75) is 32.1 Å². The van der Waals surface area contributed by atoms with Crippen LogP contribution in [0.5, 0.6) is 0 Å². The van der Waals surface area contributed by atoms with Crippen molar-refractivity contribution in [1.82, 2.24) is 0 Å². The van der Waals surface area contributed by atoms with Crippen molar-refractivity contribution in [1.29, 1.82) is 0 Å². The van der Waals surface area contributed by atoms with E-state index in [2.05, 4.69) is 27.8 Å². The van der Waals surface area contributed by atoms with Crippen LogP contribution in [-0.4, -0.2) is 0 Å². The fourth-order valence-electron chi connectivity index (χ4n) is 2.06. The third-order valence-corrected chi connectivity index (χ3v) is 3.52. The smallest absolute Gasteiger partial charge is 0.0486 e. The van der Waals surface area contributed by atoms with Gasteiger partial charge >= 0.3 is 0 Å². The number of benzene rings is 1. The van der Waals surface area contributed by atoms with Crippen molar-refractivity contribution < 1.29 is 0 Å². The van der Waals surface area contributed by atoms with E-state index >= 15 is 0 Å². The van der Waals surface area contributed by atoms with Crippen LogP contribution in [-0.2, 0) is 0 Å². The Bertz CT molecular complexity index is 422. The fraction of sp³-hybridized carbons (Fsp3) is 0.429. The molecule has 1 aliphatic rings. The summed E-state index contributed by atoms with van der Waals surface area (Å²) < 4.78 is 1.04. The number of hydrogen-bond donors (Lipinski definition) is 1. The quantitative estimate of drug-likeness (QED) is 0.564. The van der Waals surface area contributed by atoms with Gasteiger partial charge in [0.2, 0.25) is 0 Å². The zero-order valence-electron chi connectivity index (χ0n) is 9.30. The molecule has 0 atom stereocenters. The van der Waals surface area contributed by atoms with E-state index in [4.69, 9.17) is 5.73 Å². The van der Waals surface area contributed by atoms with Crippen molar-refractivity contribution in [3.8, 4) is 11.8 Å². The molecule has 2 N–H and O–H groups in total. The number of hydrogen-bond acceptors (Lipinski definition) is 1. The van der Waals surface area contributed by atoms with E-state index in [1.54, 1.807) is 0 Å². The fourth-order valence-corrected chi connectivity index (χ4v) is 2.42. The maximum Gasteiger partial charge on any atom is 0.0486 e. The molecule has 1 aromatic carbocycles. The van der Waals surface area contributed by atoms with E-state index in [1.807, 2.05) is 18.2 Å². The Morgan fingerprint density at radius 3 is 2.69 bits per heavy atom. The molecule has 1 saturated carbocycles. The molecular weight excluding hydrogens is 262 g/mol. The molecule has 1 aromatic rings. The lowest BCUT2D eigenvalue weighted by atomic mass is 9.89. The molecule has 2 heteroatoms. The summed E-state index contributed by atoms with van der Waals surface area (Å²) >= 11 is 3.44. The predicted molar refractivity (Wildman–Crippen MR) is 72.0 cm³/mol. The first kappa shape index (κ1) is 11.5. The van der Waals surface area contributed by atoms with Gasteiger partial charge in [0.1, 0.15) is 0 Å². The minimum Gasteiger partial charge on any atom is -0.398 e. The van der Waals surface area contributed by atoms with Crippen LogP contribution >= 0.6 is 15.9 Å². The predicted octanol–water partition coefficient (Wildman–Crippen LogP) is 3.96. The zero-order chi connectivity index (χ0) is 11.4. The monoisotopic (exact) mass is 277 g/mol. The molecule has 0 amide bonds. The third kappa shape index (κ3) is 3.02. The molecule has 0 heterocycles. The van der Waals surface area contributed by atoms with Gasteiger partial charge < -0.3 is 5.73 Å². The molecule has 1 aliphatic carbocycles. The van der Waals surface area contributed by atoms with Crippen LogP contribution in [0.25, 0.3) is 0 Å². The van der Waals surface area contributed by atoms with Crippen molar-refractivity contribution in [2.24, 2.45) is 5.92 Å². The standard InChI is InChI=1S/C14H16BrN/c15-13-8-9-14(16)12(10-13)7-6-11-4-2-1-3-5-11/h8-11H,1-5,16H2. The average Bonchev–Trinajstić information content (AvgIpc) is 2.32. The first-order valence-electron chi connectivity index (χ1n) is 5.82. The average molecular weight is 278 g/mol. The van der Waals surface area contributed by atoms with E-state index in [-0.39, 0.29) is 0 Å². The summed E-state index contributed by atoms with van der Waals surface area (Å²) in [5, 5.41) is 0. The van der Waals surface area contributed by atoms with Gasteiger partial charge in [-0.3, -0.25) is 0 Å². The Kier molecular flexibility index (Phi) is 3.90. The number of nitrogen functional groups attached to an aromatic ring is 1. The highest BCUT2D eigenvalue weighted by Crippen LogP contribution is 2.23. The van der Waals surface area contributed by atoms with Gasteiger partial charge in [-0.05, 0) is 31.0 Å². The number of anilines is 1. The van der Waals surface area contributed by atoms with Crippen LogP contribution in [0.2, 0.25) is 0 Å². The number of nitrogens with two attached hydrogens (primary N) is 1. The summed E-state index contributed by atoms with van der Waals surface area (Å²) in [5.74, 6) is 7.15. The van der Waals surface area contributed by atoms with Crippen LogP contribution < -0.4 is 5.73 Å². The molecule has 16 heavy (non-hydrogen) atoms. The molecule has 0 saturated heterocycles. The van der Waals surface area contributed by atoms with Crippen molar-refractivity contribution in [2.75, 3.05) is 5.73 Å². The van der Waals surface area contributed by atoms with Gasteiger partial charge in [0.25, 0.3) is 0 Å². The maximum absolute atomic E-state index is 5.88. The normalized spacial score (nSPS) is 16.6. The largest absolute Gasteiger partial charge is 0.398 e.